The Labute approximate surface area is 174 Å². The molecule has 0 bridgehead atoms. The summed E-state index contributed by atoms with van der Waals surface area (Å²) in [5.74, 6) is 1.04. The van der Waals surface area contributed by atoms with Gasteiger partial charge in [0.1, 0.15) is 18.2 Å². The molecule has 0 spiro atoms. The number of nitrogens with zero attached hydrogens (tertiary/aromatic N) is 4. The molecule has 154 valence electrons. The first-order valence-corrected chi connectivity index (χ1v) is 10.1. The van der Waals surface area contributed by atoms with E-state index in [2.05, 4.69) is 28.7 Å². The van der Waals surface area contributed by atoms with Crippen molar-refractivity contribution in [3.05, 3.63) is 70.5 Å². The third kappa shape index (κ3) is 3.47. The van der Waals surface area contributed by atoms with E-state index in [-0.39, 0.29) is 30.1 Å². The lowest BCUT2D eigenvalue weighted by molar-refractivity contribution is -0.122. The Morgan fingerprint density at radius 2 is 1.67 bits per heavy atom. The zero-order valence-electron chi connectivity index (χ0n) is 17.6. The second-order valence-corrected chi connectivity index (χ2v) is 7.78. The maximum atomic E-state index is 12.8. The number of imidazole rings is 1. The molecule has 2 heterocycles. The Morgan fingerprint density at radius 1 is 1.00 bits per heavy atom. The van der Waals surface area contributed by atoms with E-state index in [1.54, 1.807) is 25.1 Å². The molecule has 1 atom stereocenters. The number of para-hydroxylation sites is 3. The van der Waals surface area contributed by atoms with Crippen molar-refractivity contribution in [2.24, 2.45) is 0 Å². The highest BCUT2D eigenvalue weighted by Gasteiger charge is 2.20. The van der Waals surface area contributed by atoms with Gasteiger partial charge in [0.05, 0.1) is 28.0 Å². The molecular weight excluding hydrogens is 378 g/mol. The molecule has 4 aromatic rings. The summed E-state index contributed by atoms with van der Waals surface area (Å²) in [5, 5.41) is 3.50. The SMILES string of the molecule is Cc1nc2ccccc2c(=O)n1CC(=O)N[C@@H](C)c1nc2ccccc2n1C(C)C. The summed E-state index contributed by atoms with van der Waals surface area (Å²) < 4.78 is 3.55. The van der Waals surface area contributed by atoms with Crippen molar-refractivity contribution in [1.82, 2.24) is 24.4 Å². The van der Waals surface area contributed by atoms with Gasteiger partial charge in [-0.25, -0.2) is 9.97 Å². The van der Waals surface area contributed by atoms with Gasteiger partial charge in [0.2, 0.25) is 5.91 Å². The van der Waals surface area contributed by atoms with Crippen molar-refractivity contribution < 1.29 is 4.79 Å². The standard InChI is InChI=1S/C23H25N5O2/c1-14(2)28-20-12-8-7-11-19(20)26-22(28)15(3)24-21(29)13-27-16(4)25-18-10-6-5-9-17(18)23(27)30/h5-12,14-15H,13H2,1-4H3,(H,24,29)/t15-/m0/s1. The number of fused-ring (bicyclic) bond motifs is 2. The van der Waals surface area contributed by atoms with Gasteiger partial charge in [-0.2, -0.15) is 0 Å². The third-order valence-corrected chi connectivity index (χ3v) is 5.26. The maximum absolute atomic E-state index is 12.8. The molecule has 2 aromatic carbocycles. The Hall–Kier alpha value is -3.48. The van der Waals surface area contributed by atoms with Gasteiger partial charge in [0.25, 0.3) is 5.56 Å². The maximum Gasteiger partial charge on any atom is 0.261 e. The molecule has 0 saturated carbocycles. The van der Waals surface area contributed by atoms with Crippen LogP contribution in [0, 0.1) is 6.92 Å². The van der Waals surface area contributed by atoms with E-state index in [1.807, 2.05) is 37.3 Å². The summed E-state index contributed by atoms with van der Waals surface area (Å²) in [5.41, 5.74) is 2.36. The average Bonchev–Trinajstić information content (AvgIpc) is 3.11. The van der Waals surface area contributed by atoms with Gasteiger partial charge in [0, 0.05) is 6.04 Å². The van der Waals surface area contributed by atoms with Gasteiger partial charge in [0.15, 0.2) is 0 Å². The van der Waals surface area contributed by atoms with E-state index in [4.69, 9.17) is 4.98 Å². The number of rotatable bonds is 5. The lowest BCUT2D eigenvalue weighted by Crippen LogP contribution is -2.36. The average molecular weight is 403 g/mol. The number of aromatic nitrogens is 4. The van der Waals surface area contributed by atoms with Crippen molar-refractivity contribution in [1.29, 1.82) is 0 Å². The third-order valence-electron chi connectivity index (χ3n) is 5.26. The highest BCUT2D eigenvalue weighted by Crippen LogP contribution is 2.24. The number of hydrogen-bond donors (Lipinski definition) is 1. The predicted octanol–water partition coefficient (Wildman–Crippen LogP) is 3.51. The van der Waals surface area contributed by atoms with Crippen LogP contribution < -0.4 is 10.9 Å². The van der Waals surface area contributed by atoms with Gasteiger partial charge < -0.3 is 9.88 Å². The number of carbonyl (C=O) groups is 1. The van der Waals surface area contributed by atoms with Crippen LogP contribution in [0.25, 0.3) is 21.9 Å². The molecular formula is C23H25N5O2. The van der Waals surface area contributed by atoms with Crippen LogP contribution in [0.2, 0.25) is 0 Å². The molecule has 0 fully saturated rings. The predicted molar refractivity (Wildman–Crippen MR) is 117 cm³/mol. The monoisotopic (exact) mass is 403 g/mol. The largest absolute Gasteiger partial charge is 0.345 e. The van der Waals surface area contributed by atoms with E-state index < -0.39 is 0 Å². The van der Waals surface area contributed by atoms with E-state index in [0.717, 1.165) is 16.9 Å². The van der Waals surface area contributed by atoms with Crippen LogP contribution in [0.1, 0.15) is 44.5 Å². The van der Waals surface area contributed by atoms with Crippen molar-refractivity contribution in [2.75, 3.05) is 0 Å². The van der Waals surface area contributed by atoms with Gasteiger partial charge in [-0.05, 0) is 52.0 Å². The van der Waals surface area contributed by atoms with Crippen LogP contribution in [-0.2, 0) is 11.3 Å². The Bertz CT molecular complexity index is 1300. The molecule has 0 aliphatic carbocycles. The molecule has 7 heteroatoms. The first-order valence-electron chi connectivity index (χ1n) is 10.1. The van der Waals surface area contributed by atoms with Gasteiger partial charge >= 0.3 is 0 Å². The zero-order chi connectivity index (χ0) is 21.4. The summed E-state index contributed by atoms with van der Waals surface area (Å²) in [6, 6.07) is 15.0. The highest BCUT2D eigenvalue weighted by atomic mass is 16.2. The van der Waals surface area contributed by atoms with Crippen LogP contribution in [0.4, 0.5) is 0 Å². The minimum Gasteiger partial charge on any atom is -0.345 e. The lowest BCUT2D eigenvalue weighted by Gasteiger charge is -2.19. The quantitative estimate of drug-likeness (QED) is 0.553. The molecule has 1 N–H and O–H groups in total. The fraction of sp³-hybridized carbons (Fsp3) is 0.304. The Morgan fingerprint density at radius 3 is 2.40 bits per heavy atom. The van der Waals surface area contributed by atoms with Crippen LogP contribution in [0.15, 0.2) is 53.3 Å². The number of nitrogens with one attached hydrogen (secondary N) is 1. The molecule has 0 radical (unpaired) electrons. The summed E-state index contributed by atoms with van der Waals surface area (Å²) in [4.78, 5) is 34.8. The molecule has 0 unspecified atom stereocenters. The minimum absolute atomic E-state index is 0.0885. The molecule has 2 aromatic heterocycles. The molecule has 0 saturated heterocycles. The number of hydrogen-bond acceptors (Lipinski definition) is 4. The lowest BCUT2D eigenvalue weighted by atomic mass is 10.2. The fourth-order valence-corrected chi connectivity index (χ4v) is 3.87. The second kappa shape index (κ2) is 7.74. The van der Waals surface area contributed by atoms with Crippen LogP contribution in [0.5, 0.6) is 0 Å². The number of aryl methyl sites for hydroxylation is 1. The van der Waals surface area contributed by atoms with Crippen molar-refractivity contribution >= 4 is 27.8 Å². The van der Waals surface area contributed by atoms with Gasteiger partial charge in [-0.1, -0.05) is 24.3 Å². The molecule has 7 nitrogen and oxygen atoms in total. The molecule has 1 amide bonds. The fourth-order valence-electron chi connectivity index (χ4n) is 3.87. The van der Waals surface area contributed by atoms with Crippen molar-refractivity contribution in [3.63, 3.8) is 0 Å². The van der Waals surface area contributed by atoms with Gasteiger partial charge in [-0.15, -0.1) is 0 Å². The zero-order valence-corrected chi connectivity index (χ0v) is 17.6. The van der Waals surface area contributed by atoms with E-state index in [9.17, 15) is 9.59 Å². The number of amides is 1. The summed E-state index contributed by atoms with van der Waals surface area (Å²) >= 11 is 0. The van der Waals surface area contributed by atoms with Crippen LogP contribution in [0.3, 0.4) is 0 Å². The number of benzene rings is 2. The van der Waals surface area contributed by atoms with Crippen molar-refractivity contribution in [2.45, 2.75) is 46.3 Å². The summed E-state index contributed by atoms with van der Waals surface area (Å²) in [7, 11) is 0. The molecule has 4 rings (SSSR count). The van der Waals surface area contributed by atoms with Gasteiger partial charge in [-0.3, -0.25) is 14.2 Å². The first kappa shape index (κ1) is 19.8. The van der Waals surface area contributed by atoms with E-state index in [0.29, 0.717) is 16.7 Å². The second-order valence-electron chi connectivity index (χ2n) is 7.78. The Kier molecular flexibility index (Phi) is 5.11. The minimum atomic E-state index is -0.309. The van der Waals surface area contributed by atoms with Crippen LogP contribution >= 0.6 is 0 Å². The van der Waals surface area contributed by atoms with E-state index >= 15 is 0 Å². The normalized spacial score (nSPS) is 12.6. The van der Waals surface area contributed by atoms with E-state index in [1.165, 1.54) is 4.57 Å². The summed E-state index contributed by atoms with van der Waals surface area (Å²) in [6.07, 6.45) is 0. The summed E-state index contributed by atoms with van der Waals surface area (Å²) in [6.45, 7) is 7.75. The molecule has 0 aliphatic heterocycles. The first-order chi connectivity index (χ1) is 14.4. The smallest absolute Gasteiger partial charge is 0.261 e. The topological polar surface area (TPSA) is 81.8 Å². The Balaban J connectivity index is 1.61. The molecule has 30 heavy (non-hydrogen) atoms. The number of carbonyl (C=O) groups excluding carboxylic acids is 1. The molecule has 0 aliphatic rings. The van der Waals surface area contributed by atoms with Crippen LogP contribution in [-0.4, -0.2) is 25.0 Å². The highest BCUT2D eigenvalue weighted by molar-refractivity contribution is 5.80. The van der Waals surface area contributed by atoms with Crippen molar-refractivity contribution in [3.8, 4) is 0 Å².